The number of benzene rings is 1. The summed E-state index contributed by atoms with van der Waals surface area (Å²) in [5.41, 5.74) is 1.44. The minimum absolute atomic E-state index is 0.143. The first-order chi connectivity index (χ1) is 8.67. The van der Waals surface area contributed by atoms with Gasteiger partial charge in [0.1, 0.15) is 5.01 Å². The van der Waals surface area contributed by atoms with Crippen LogP contribution in [-0.4, -0.2) is 16.1 Å². The molecule has 0 spiro atoms. The van der Waals surface area contributed by atoms with Crippen LogP contribution in [0.5, 0.6) is 0 Å². The molecule has 1 amide bonds. The van der Waals surface area contributed by atoms with Gasteiger partial charge in [-0.3, -0.25) is 4.79 Å². The fourth-order valence-corrected chi connectivity index (χ4v) is 2.00. The second-order valence-corrected chi connectivity index (χ2v) is 4.84. The van der Waals surface area contributed by atoms with Crippen molar-refractivity contribution in [3.8, 4) is 6.07 Å². The molecule has 0 saturated heterocycles. The molecule has 1 aromatic heterocycles. The SMILES string of the molecule is Cc1nnc(NC(=O)Cc2ccc(C#N)cc2)s1. The van der Waals surface area contributed by atoms with Crippen molar-refractivity contribution in [3.63, 3.8) is 0 Å². The Bertz CT molecular complexity index is 597. The maximum Gasteiger partial charge on any atom is 0.230 e. The fraction of sp³-hybridized carbons (Fsp3) is 0.167. The van der Waals surface area contributed by atoms with E-state index >= 15 is 0 Å². The van der Waals surface area contributed by atoms with E-state index in [-0.39, 0.29) is 12.3 Å². The van der Waals surface area contributed by atoms with Crippen molar-refractivity contribution < 1.29 is 4.79 Å². The lowest BCUT2D eigenvalue weighted by Gasteiger charge is -2.01. The van der Waals surface area contributed by atoms with Gasteiger partial charge < -0.3 is 5.32 Å². The van der Waals surface area contributed by atoms with Crippen LogP contribution in [0.2, 0.25) is 0 Å². The second-order valence-electron chi connectivity index (χ2n) is 3.66. The van der Waals surface area contributed by atoms with Crippen LogP contribution in [0.4, 0.5) is 5.13 Å². The average Bonchev–Trinajstić information content (AvgIpc) is 2.75. The van der Waals surface area contributed by atoms with E-state index in [1.807, 2.05) is 13.0 Å². The van der Waals surface area contributed by atoms with Crippen LogP contribution in [0.15, 0.2) is 24.3 Å². The standard InChI is InChI=1S/C12H10N4OS/c1-8-15-16-12(18-8)14-11(17)6-9-2-4-10(7-13)5-3-9/h2-5H,6H2,1H3,(H,14,16,17). The van der Waals surface area contributed by atoms with E-state index in [0.29, 0.717) is 10.7 Å². The van der Waals surface area contributed by atoms with Gasteiger partial charge in [0.15, 0.2) is 0 Å². The van der Waals surface area contributed by atoms with Crippen molar-refractivity contribution in [2.45, 2.75) is 13.3 Å². The number of hydrogen-bond donors (Lipinski definition) is 1. The predicted molar refractivity (Wildman–Crippen MR) is 68.1 cm³/mol. The highest BCUT2D eigenvalue weighted by atomic mass is 32.1. The molecule has 18 heavy (non-hydrogen) atoms. The number of amides is 1. The van der Waals surface area contributed by atoms with Crippen molar-refractivity contribution in [1.82, 2.24) is 10.2 Å². The number of rotatable bonds is 3. The topological polar surface area (TPSA) is 78.7 Å². The Morgan fingerprint density at radius 1 is 1.39 bits per heavy atom. The molecular weight excluding hydrogens is 248 g/mol. The molecule has 0 fully saturated rings. The van der Waals surface area contributed by atoms with Crippen molar-refractivity contribution >= 4 is 22.4 Å². The molecule has 0 radical (unpaired) electrons. The molecule has 0 saturated carbocycles. The third kappa shape index (κ3) is 3.12. The van der Waals surface area contributed by atoms with Gasteiger partial charge in [0.05, 0.1) is 18.1 Å². The number of nitrogens with zero attached hydrogens (tertiary/aromatic N) is 3. The van der Waals surface area contributed by atoms with Crippen molar-refractivity contribution in [2.24, 2.45) is 0 Å². The first kappa shape index (κ1) is 12.2. The molecule has 2 aromatic rings. The molecule has 0 aliphatic carbocycles. The maximum atomic E-state index is 11.7. The monoisotopic (exact) mass is 258 g/mol. The van der Waals surface area contributed by atoms with Gasteiger partial charge in [-0.2, -0.15) is 5.26 Å². The largest absolute Gasteiger partial charge is 0.300 e. The first-order valence-corrected chi connectivity index (χ1v) is 6.08. The molecular formula is C12H10N4OS. The predicted octanol–water partition coefficient (Wildman–Crippen LogP) is 1.90. The molecule has 90 valence electrons. The minimum atomic E-state index is -0.143. The minimum Gasteiger partial charge on any atom is -0.300 e. The van der Waals surface area contributed by atoms with Gasteiger partial charge in [-0.05, 0) is 24.6 Å². The fourth-order valence-electron chi connectivity index (χ4n) is 1.39. The van der Waals surface area contributed by atoms with Crippen molar-refractivity contribution in [1.29, 1.82) is 5.26 Å². The molecule has 1 N–H and O–H groups in total. The van der Waals surface area contributed by atoms with Crippen LogP contribution in [-0.2, 0) is 11.2 Å². The van der Waals surface area contributed by atoms with Gasteiger partial charge in [-0.1, -0.05) is 23.5 Å². The van der Waals surface area contributed by atoms with E-state index in [0.717, 1.165) is 10.6 Å². The van der Waals surface area contributed by atoms with Crippen LogP contribution in [0.3, 0.4) is 0 Å². The van der Waals surface area contributed by atoms with Crippen molar-refractivity contribution in [3.05, 3.63) is 40.4 Å². The Kier molecular flexibility index (Phi) is 3.65. The van der Waals surface area contributed by atoms with Crippen LogP contribution in [0.25, 0.3) is 0 Å². The van der Waals surface area contributed by atoms with E-state index in [1.54, 1.807) is 24.3 Å². The molecule has 0 aliphatic rings. The Labute approximate surface area is 108 Å². The Morgan fingerprint density at radius 2 is 2.11 bits per heavy atom. The van der Waals surface area contributed by atoms with E-state index in [4.69, 9.17) is 5.26 Å². The maximum absolute atomic E-state index is 11.7. The lowest BCUT2D eigenvalue weighted by atomic mass is 10.1. The van der Waals surface area contributed by atoms with E-state index < -0.39 is 0 Å². The summed E-state index contributed by atoms with van der Waals surface area (Å²) in [6, 6.07) is 8.95. The zero-order chi connectivity index (χ0) is 13.0. The molecule has 0 aliphatic heterocycles. The number of carbonyl (C=O) groups is 1. The van der Waals surface area contributed by atoms with E-state index in [1.165, 1.54) is 11.3 Å². The summed E-state index contributed by atoms with van der Waals surface area (Å²) in [6.07, 6.45) is 0.254. The van der Waals surface area contributed by atoms with Gasteiger partial charge >= 0.3 is 0 Å². The number of aromatic nitrogens is 2. The zero-order valence-electron chi connectivity index (χ0n) is 9.67. The molecule has 2 rings (SSSR count). The van der Waals surface area contributed by atoms with E-state index in [2.05, 4.69) is 15.5 Å². The second kappa shape index (κ2) is 5.38. The van der Waals surface area contributed by atoms with Crippen LogP contribution >= 0.6 is 11.3 Å². The Balaban J connectivity index is 1.96. The van der Waals surface area contributed by atoms with Crippen LogP contribution in [0, 0.1) is 18.3 Å². The lowest BCUT2D eigenvalue weighted by molar-refractivity contribution is -0.115. The Morgan fingerprint density at radius 3 is 2.67 bits per heavy atom. The lowest BCUT2D eigenvalue weighted by Crippen LogP contribution is -2.14. The third-order valence-corrected chi connectivity index (χ3v) is 2.97. The summed E-state index contributed by atoms with van der Waals surface area (Å²) < 4.78 is 0. The normalized spacial score (nSPS) is 9.78. The first-order valence-electron chi connectivity index (χ1n) is 5.26. The number of aryl methyl sites for hydroxylation is 1. The average molecular weight is 258 g/mol. The molecule has 5 nitrogen and oxygen atoms in total. The summed E-state index contributed by atoms with van der Waals surface area (Å²) in [7, 11) is 0. The van der Waals surface area contributed by atoms with Gasteiger partial charge in [0.2, 0.25) is 11.0 Å². The van der Waals surface area contributed by atoms with E-state index in [9.17, 15) is 4.79 Å². The highest BCUT2D eigenvalue weighted by molar-refractivity contribution is 7.15. The summed E-state index contributed by atoms with van der Waals surface area (Å²) >= 11 is 1.34. The molecule has 0 atom stereocenters. The summed E-state index contributed by atoms with van der Waals surface area (Å²) in [6.45, 7) is 1.83. The van der Waals surface area contributed by atoms with Gasteiger partial charge in [-0.25, -0.2) is 0 Å². The van der Waals surface area contributed by atoms with Gasteiger partial charge in [0, 0.05) is 0 Å². The quantitative estimate of drug-likeness (QED) is 0.912. The molecule has 0 unspecified atom stereocenters. The third-order valence-electron chi connectivity index (χ3n) is 2.22. The molecule has 0 bridgehead atoms. The van der Waals surface area contributed by atoms with Crippen LogP contribution in [0.1, 0.15) is 16.1 Å². The highest BCUT2D eigenvalue weighted by Crippen LogP contribution is 2.14. The summed E-state index contributed by atoms with van der Waals surface area (Å²) in [4.78, 5) is 11.7. The van der Waals surface area contributed by atoms with Crippen LogP contribution < -0.4 is 5.32 Å². The number of nitrogens with one attached hydrogen (secondary N) is 1. The number of anilines is 1. The highest BCUT2D eigenvalue weighted by Gasteiger charge is 2.07. The smallest absolute Gasteiger partial charge is 0.230 e. The van der Waals surface area contributed by atoms with Gasteiger partial charge in [0.25, 0.3) is 0 Å². The zero-order valence-corrected chi connectivity index (χ0v) is 10.5. The Hall–Kier alpha value is -2.26. The summed E-state index contributed by atoms with van der Waals surface area (Å²) in [5, 5.41) is 20.3. The number of nitriles is 1. The van der Waals surface area contributed by atoms with Crippen molar-refractivity contribution in [2.75, 3.05) is 5.32 Å². The molecule has 6 heteroatoms. The van der Waals surface area contributed by atoms with Gasteiger partial charge in [-0.15, -0.1) is 10.2 Å². The molecule has 1 aromatic carbocycles. The number of hydrogen-bond acceptors (Lipinski definition) is 5. The summed E-state index contributed by atoms with van der Waals surface area (Å²) in [5.74, 6) is -0.143. The molecule has 1 heterocycles. The number of carbonyl (C=O) groups excluding carboxylic acids is 1.